The molecular weight excluding hydrogens is 214 g/mol. The summed E-state index contributed by atoms with van der Waals surface area (Å²) in [6.07, 6.45) is 0.144. The van der Waals surface area contributed by atoms with Crippen molar-refractivity contribution in [3.8, 4) is 5.75 Å². The van der Waals surface area contributed by atoms with Crippen LogP contribution in [0.5, 0.6) is 5.75 Å². The van der Waals surface area contributed by atoms with Crippen LogP contribution in [0.25, 0.3) is 0 Å². The monoisotopic (exact) mass is 235 g/mol. The van der Waals surface area contributed by atoms with Crippen molar-refractivity contribution < 1.29 is 9.53 Å². The van der Waals surface area contributed by atoms with E-state index in [2.05, 4.69) is 5.32 Å². The molecule has 0 aromatic heterocycles. The molecule has 0 atom stereocenters. The number of hydrogen-bond donors (Lipinski definition) is 1. The Morgan fingerprint density at radius 3 is 2.18 bits per heavy atom. The number of nitrogens with one attached hydrogen (secondary N) is 1. The van der Waals surface area contributed by atoms with Gasteiger partial charge in [-0.05, 0) is 59.0 Å². The first kappa shape index (κ1) is 13.7. The van der Waals surface area contributed by atoms with E-state index in [4.69, 9.17) is 4.74 Å². The minimum absolute atomic E-state index is 0.0797. The fraction of sp³-hybridized carbons (Fsp3) is 0.500. The molecule has 1 aromatic rings. The molecule has 94 valence electrons. The van der Waals surface area contributed by atoms with Crippen LogP contribution < -0.4 is 10.1 Å². The van der Waals surface area contributed by atoms with Crippen LogP contribution >= 0.6 is 0 Å². The second kappa shape index (κ2) is 5.32. The Bertz CT molecular complexity index is 380. The average molecular weight is 235 g/mol. The standard InChI is InChI=1S/C14H21NO2/c1-10(2)17-12-8-6-11(7-9-12)13(16)14(3,4)15-5/h6-10,15H,1-5H3. The highest BCUT2D eigenvalue weighted by molar-refractivity contribution is 6.02. The van der Waals surface area contributed by atoms with Crippen molar-refractivity contribution in [2.45, 2.75) is 39.3 Å². The topological polar surface area (TPSA) is 38.3 Å². The highest BCUT2D eigenvalue weighted by Crippen LogP contribution is 2.17. The Labute approximate surface area is 103 Å². The van der Waals surface area contributed by atoms with Crippen molar-refractivity contribution >= 4 is 5.78 Å². The van der Waals surface area contributed by atoms with Crippen LogP contribution in [0.15, 0.2) is 24.3 Å². The fourth-order valence-corrected chi connectivity index (χ4v) is 1.43. The molecule has 3 heteroatoms. The van der Waals surface area contributed by atoms with Gasteiger partial charge in [0.2, 0.25) is 0 Å². The third-order valence-corrected chi connectivity index (χ3v) is 2.68. The van der Waals surface area contributed by atoms with Crippen molar-refractivity contribution in [2.24, 2.45) is 0 Å². The van der Waals surface area contributed by atoms with Gasteiger partial charge < -0.3 is 10.1 Å². The van der Waals surface area contributed by atoms with E-state index in [1.807, 2.05) is 39.8 Å². The third-order valence-electron chi connectivity index (χ3n) is 2.68. The van der Waals surface area contributed by atoms with Crippen LogP contribution in [-0.4, -0.2) is 24.5 Å². The molecule has 0 saturated heterocycles. The molecule has 0 heterocycles. The predicted octanol–water partition coefficient (Wildman–Crippen LogP) is 2.65. The molecule has 1 aromatic carbocycles. The normalized spacial score (nSPS) is 11.6. The molecule has 0 saturated carbocycles. The molecule has 1 rings (SSSR count). The summed E-state index contributed by atoms with van der Waals surface area (Å²) in [5.74, 6) is 0.870. The first-order valence-electron chi connectivity index (χ1n) is 5.87. The second-order valence-corrected chi connectivity index (χ2v) is 4.90. The smallest absolute Gasteiger partial charge is 0.182 e. The molecule has 3 nitrogen and oxygen atoms in total. The van der Waals surface area contributed by atoms with Crippen LogP contribution in [0.2, 0.25) is 0 Å². The summed E-state index contributed by atoms with van der Waals surface area (Å²) in [6.45, 7) is 7.69. The molecule has 0 aliphatic heterocycles. The van der Waals surface area contributed by atoms with Crippen LogP contribution in [0, 0.1) is 0 Å². The SMILES string of the molecule is CNC(C)(C)C(=O)c1ccc(OC(C)C)cc1. The van der Waals surface area contributed by atoms with Gasteiger partial charge in [-0.3, -0.25) is 4.79 Å². The quantitative estimate of drug-likeness (QED) is 0.797. The number of likely N-dealkylation sites (N-methyl/N-ethyl adjacent to an activating group) is 1. The van der Waals surface area contributed by atoms with E-state index in [1.54, 1.807) is 19.2 Å². The zero-order valence-corrected chi connectivity index (χ0v) is 11.2. The van der Waals surface area contributed by atoms with Crippen LogP contribution in [0.4, 0.5) is 0 Å². The fourth-order valence-electron chi connectivity index (χ4n) is 1.43. The first-order chi connectivity index (χ1) is 7.86. The maximum absolute atomic E-state index is 12.1. The molecular formula is C14H21NO2. The van der Waals surface area contributed by atoms with Crippen molar-refractivity contribution in [1.82, 2.24) is 5.32 Å². The number of rotatable bonds is 5. The molecule has 0 aliphatic carbocycles. The predicted molar refractivity (Wildman–Crippen MR) is 69.7 cm³/mol. The van der Waals surface area contributed by atoms with Gasteiger partial charge in [0.15, 0.2) is 5.78 Å². The van der Waals surface area contributed by atoms with Crippen molar-refractivity contribution in [1.29, 1.82) is 0 Å². The lowest BCUT2D eigenvalue weighted by Crippen LogP contribution is -2.44. The number of Topliss-reactive ketones (excluding diaryl/α,β-unsaturated/α-hetero) is 1. The number of ketones is 1. The largest absolute Gasteiger partial charge is 0.491 e. The highest BCUT2D eigenvalue weighted by Gasteiger charge is 2.26. The maximum atomic E-state index is 12.1. The summed E-state index contributed by atoms with van der Waals surface area (Å²) in [6, 6.07) is 7.27. The van der Waals surface area contributed by atoms with E-state index in [1.165, 1.54) is 0 Å². The summed E-state index contributed by atoms with van der Waals surface area (Å²) in [5.41, 5.74) is 0.154. The van der Waals surface area contributed by atoms with Crippen molar-refractivity contribution in [2.75, 3.05) is 7.05 Å². The van der Waals surface area contributed by atoms with Crippen LogP contribution in [0.3, 0.4) is 0 Å². The van der Waals surface area contributed by atoms with E-state index < -0.39 is 5.54 Å². The van der Waals surface area contributed by atoms with Gasteiger partial charge in [-0.25, -0.2) is 0 Å². The third kappa shape index (κ3) is 3.56. The van der Waals surface area contributed by atoms with Gasteiger partial charge in [-0.15, -0.1) is 0 Å². The number of hydrogen-bond acceptors (Lipinski definition) is 3. The minimum atomic E-state index is -0.541. The van der Waals surface area contributed by atoms with E-state index in [9.17, 15) is 4.79 Å². The van der Waals surface area contributed by atoms with E-state index in [0.29, 0.717) is 5.56 Å². The molecule has 0 spiro atoms. The van der Waals surface area contributed by atoms with Crippen molar-refractivity contribution in [3.05, 3.63) is 29.8 Å². The van der Waals surface area contributed by atoms with Crippen LogP contribution in [0.1, 0.15) is 38.1 Å². The molecule has 1 N–H and O–H groups in total. The maximum Gasteiger partial charge on any atom is 0.182 e. The summed E-state index contributed by atoms with van der Waals surface area (Å²) in [4.78, 5) is 12.1. The lowest BCUT2D eigenvalue weighted by molar-refractivity contribution is 0.0889. The minimum Gasteiger partial charge on any atom is -0.491 e. The second-order valence-electron chi connectivity index (χ2n) is 4.90. The van der Waals surface area contributed by atoms with E-state index >= 15 is 0 Å². The summed E-state index contributed by atoms with van der Waals surface area (Å²) >= 11 is 0. The van der Waals surface area contributed by atoms with E-state index in [0.717, 1.165) is 5.75 Å². The number of benzene rings is 1. The average Bonchev–Trinajstić information content (AvgIpc) is 2.28. The van der Waals surface area contributed by atoms with Gasteiger partial charge in [-0.2, -0.15) is 0 Å². The summed E-state index contributed by atoms with van der Waals surface area (Å²) in [5, 5.41) is 3.01. The Morgan fingerprint density at radius 1 is 1.24 bits per heavy atom. The van der Waals surface area contributed by atoms with Gasteiger partial charge in [0.25, 0.3) is 0 Å². The Kier molecular flexibility index (Phi) is 4.29. The van der Waals surface area contributed by atoms with Gasteiger partial charge in [0.05, 0.1) is 11.6 Å². The molecule has 0 amide bonds. The zero-order chi connectivity index (χ0) is 13.1. The molecule has 0 bridgehead atoms. The first-order valence-corrected chi connectivity index (χ1v) is 5.87. The number of carbonyl (C=O) groups excluding carboxylic acids is 1. The summed E-state index contributed by atoms with van der Waals surface area (Å²) < 4.78 is 5.53. The molecule has 0 fully saturated rings. The van der Waals surface area contributed by atoms with Crippen molar-refractivity contribution in [3.63, 3.8) is 0 Å². The Hall–Kier alpha value is -1.35. The Morgan fingerprint density at radius 2 is 1.76 bits per heavy atom. The molecule has 0 unspecified atom stereocenters. The molecule has 0 aliphatic rings. The van der Waals surface area contributed by atoms with Gasteiger partial charge in [0.1, 0.15) is 5.75 Å². The molecule has 17 heavy (non-hydrogen) atoms. The highest BCUT2D eigenvalue weighted by atomic mass is 16.5. The summed E-state index contributed by atoms with van der Waals surface area (Å²) in [7, 11) is 1.79. The lowest BCUT2D eigenvalue weighted by atomic mass is 9.93. The zero-order valence-electron chi connectivity index (χ0n) is 11.2. The lowest BCUT2D eigenvalue weighted by Gasteiger charge is -2.22. The number of ether oxygens (including phenoxy) is 1. The Balaban J connectivity index is 2.84. The van der Waals surface area contributed by atoms with Gasteiger partial charge in [0, 0.05) is 5.56 Å². The van der Waals surface area contributed by atoms with Gasteiger partial charge in [-0.1, -0.05) is 0 Å². The molecule has 0 radical (unpaired) electrons. The number of carbonyl (C=O) groups is 1. The van der Waals surface area contributed by atoms with Crippen LogP contribution in [-0.2, 0) is 0 Å². The van der Waals surface area contributed by atoms with E-state index in [-0.39, 0.29) is 11.9 Å². The van der Waals surface area contributed by atoms with Gasteiger partial charge >= 0.3 is 0 Å².